The molecule has 0 radical (unpaired) electrons. The third-order valence-corrected chi connectivity index (χ3v) is 6.20. The van der Waals surface area contributed by atoms with Crippen molar-refractivity contribution >= 4 is 33.2 Å². The molecule has 2 unspecified atom stereocenters. The van der Waals surface area contributed by atoms with Gasteiger partial charge in [0, 0.05) is 13.2 Å². The third kappa shape index (κ3) is 4.33. The van der Waals surface area contributed by atoms with Crippen LogP contribution in [0.1, 0.15) is 25.7 Å². The molecule has 1 aromatic rings. The van der Waals surface area contributed by atoms with E-state index in [4.69, 9.17) is 23.2 Å². The number of nitrogens with one attached hydrogen (secondary N) is 1. The number of halogens is 2. The summed E-state index contributed by atoms with van der Waals surface area (Å²) < 4.78 is 27.1. The first-order valence-electron chi connectivity index (χ1n) is 6.99. The highest BCUT2D eigenvalue weighted by Crippen LogP contribution is 2.30. The van der Waals surface area contributed by atoms with Crippen LogP contribution in [-0.4, -0.2) is 26.7 Å². The van der Waals surface area contributed by atoms with E-state index in [1.54, 1.807) is 0 Å². The van der Waals surface area contributed by atoms with E-state index in [9.17, 15) is 13.5 Å². The van der Waals surface area contributed by atoms with E-state index >= 15 is 0 Å². The van der Waals surface area contributed by atoms with Gasteiger partial charge in [-0.25, -0.2) is 13.1 Å². The summed E-state index contributed by atoms with van der Waals surface area (Å²) in [6.45, 7) is 0.451. The Morgan fingerprint density at radius 3 is 2.43 bits per heavy atom. The lowest BCUT2D eigenvalue weighted by molar-refractivity contribution is 0.136. The monoisotopic (exact) mass is 351 g/mol. The van der Waals surface area contributed by atoms with Crippen LogP contribution in [0.2, 0.25) is 10.0 Å². The van der Waals surface area contributed by atoms with Gasteiger partial charge in [-0.2, -0.15) is 0 Å². The van der Waals surface area contributed by atoms with Crippen LogP contribution < -0.4 is 4.72 Å². The number of rotatable bonds is 5. The fourth-order valence-corrected chi connectivity index (χ4v) is 4.22. The molecule has 7 heteroatoms. The molecule has 0 saturated heterocycles. The van der Waals surface area contributed by atoms with Gasteiger partial charge in [-0.3, -0.25) is 0 Å². The Labute approximate surface area is 135 Å². The Morgan fingerprint density at radius 1 is 1.14 bits per heavy atom. The van der Waals surface area contributed by atoms with Gasteiger partial charge in [-0.1, -0.05) is 36.0 Å². The molecular formula is C14H19Cl2NO3S. The molecule has 2 N–H and O–H groups in total. The van der Waals surface area contributed by atoms with Gasteiger partial charge in [-0.15, -0.1) is 0 Å². The second-order valence-electron chi connectivity index (χ2n) is 5.42. The van der Waals surface area contributed by atoms with Crippen molar-refractivity contribution in [3.05, 3.63) is 28.2 Å². The molecule has 1 aromatic carbocycles. The van der Waals surface area contributed by atoms with Gasteiger partial charge in [0.25, 0.3) is 0 Å². The molecule has 21 heavy (non-hydrogen) atoms. The summed E-state index contributed by atoms with van der Waals surface area (Å²) in [5.74, 6) is 0.358. The van der Waals surface area contributed by atoms with Crippen LogP contribution in [0.15, 0.2) is 23.1 Å². The smallest absolute Gasteiger partial charge is 0.240 e. The molecule has 2 rings (SSSR count). The highest BCUT2D eigenvalue weighted by molar-refractivity contribution is 7.89. The van der Waals surface area contributed by atoms with Crippen molar-refractivity contribution in [2.75, 3.05) is 13.2 Å². The average Bonchev–Trinajstić information content (AvgIpc) is 2.48. The maximum absolute atomic E-state index is 12.3. The minimum absolute atomic E-state index is 0.105. The second-order valence-corrected chi connectivity index (χ2v) is 8.00. The van der Waals surface area contributed by atoms with E-state index in [1.807, 2.05) is 0 Å². The molecule has 2 atom stereocenters. The summed E-state index contributed by atoms with van der Waals surface area (Å²) in [4.78, 5) is 0.105. The molecule has 1 aliphatic rings. The van der Waals surface area contributed by atoms with Crippen LogP contribution in [0, 0.1) is 11.8 Å². The predicted molar refractivity (Wildman–Crippen MR) is 84.2 cm³/mol. The van der Waals surface area contributed by atoms with Crippen LogP contribution in [0.3, 0.4) is 0 Å². The molecule has 0 spiro atoms. The third-order valence-electron chi connectivity index (χ3n) is 4.04. The van der Waals surface area contributed by atoms with Gasteiger partial charge >= 0.3 is 0 Å². The minimum atomic E-state index is -3.61. The van der Waals surface area contributed by atoms with Crippen molar-refractivity contribution in [2.24, 2.45) is 11.8 Å². The largest absolute Gasteiger partial charge is 0.396 e. The molecule has 1 fully saturated rings. The molecule has 0 bridgehead atoms. The van der Waals surface area contributed by atoms with E-state index in [0.717, 1.165) is 25.7 Å². The molecule has 0 heterocycles. The highest BCUT2D eigenvalue weighted by Gasteiger charge is 2.26. The van der Waals surface area contributed by atoms with Gasteiger partial charge in [0.1, 0.15) is 0 Å². The molecule has 4 nitrogen and oxygen atoms in total. The van der Waals surface area contributed by atoms with E-state index < -0.39 is 10.0 Å². The number of aliphatic hydroxyl groups excluding tert-OH is 1. The van der Waals surface area contributed by atoms with E-state index in [2.05, 4.69) is 4.72 Å². The molecule has 118 valence electrons. The number of benzene rings is 1. The Kier molecular flexibility index (Phi) is 5.91. The normalized spacial score (nSPS) is 23.2. The Bertz CT molecular complexity index is 592. The second kappa shape index (κ2) is 7.29. The number of sulfonamides is 1. The van der Waals surface area contributed by atoms with Crippen molar-refractivity contribution in [3.8, 4) is 0 Å². The summed E-state index contributed by atoms with van der Waals surface area (Å²) in [6.07, 6.45) is 4.07. The standard InChI is InChI=1S/C14H19Cl2NO3S/c15-13-6-5-12(7-14(13)16)21(19,20)17-8-10-3-1-2-4-11(10)9-18/h5-7,10-11,17-18H,1-4,8-9H2. The SMILES string of the molecule is O=S(=O)(NCC1CCCCC1CO)c1ccc(Cl)c(Cl)c1. The number of hydrogen-bond acceptors (Lipinski definition) is 3. The van der Waals surface area contributed by atoms with Crippen LogP contribution in [0.4, 0.5) is 0 Å². The van der Waals surface area contributed by atoms with Crippen molar-refractivity contribution in [1.29, 1.82) is 0 Å². The molecule has 0 aliphatic heterocycles. The summed E-state index contributed by atoms with van der Waals surface area (Å²) in [5, 5.41) is 9.90. The quantitative estimate of drug-likeness (QED) is 0.856. The van der Waals surface area contributed by atoms with Gasteiger partial charge in [0.15, 0.2) is 0 Å². The fourth-order valence-electron chi connectivity index (χ4n) is 2.74. The van der Waals surface area contributed by atoms with E-state index in [0.29, 0.717) is 11.6 Å². The Hall–Kier alpha value is -0.330. The Balaban J connectivity index is 2.05. The summed E-state index contributed by atoms with van der Waals surface area (Å²) in [5.41, 5.74) is 0. The molecule has 0 aromatic heterocycles. The first kappa shape index (κ1) is 17.0. The summed E-state index contributed by atoms with van der Waals surface area (Å²) >= 11 is 11.6. The first-order chi connectivity index (χ1) is 9.94. The van der Waals surface area contributed by atoms with Gasteiger partial charge in [0.05, 0.1) is 14.9 Å². The van der Waals surface area contributed by atoms with Gasteiger partial charge in [0.2, 0.25) is 10.0 Å². The van der Waals surface area contributed by atoms with Crippen molar-refractivity contribution in [1.82, 2.24) is 4.72 Å². The van der Waals surface area contributed by atoms with Gasteiger partial charge in [-0.05, 0) is 42.9 Å². The van der Waals surface area contributed by atoms with Crippen molar-refractivity contribution < 1.29 is 13.5 Å². The van der Waals surface area contributed by atoms with Crippen LogP contribution in [0.25, 0.3) is 0 Å². The van der Waals surface area contributed by atoms with Crippen molar-refractivity contribution in [2.45, 2.75) is 30.6 Å². The maximum atomic E-state index is 12.3. The topological polar surface area (TPSA) is 66.4 Å². The van der Waals surface area contributed by atoms with Crippen LogP contribution >= 0.6 is 23.2 Å². The zero-order valence-corrected chi connectivity index (χ0v) is 13.9. The van der Waals surface area contributed by atoms with Gasteiger partial charge < -0.3 is 5.11 Å². The lowest BCUT2D eigenvalue weighted by Gasteiger charge is -2.30. The average molecular weight is 352 g/mol. The van der Waals surface area contributed by atoms with Crippen LogP contribution in [-0.2, 0) is 10.0 Å². The zero-order chi connectivity index (χ0) is 15.5. The lowest BCUT2D eigenvalue weighted by Crippen LogP contribution is -2.35. The predicted octanol–water partition coefficient (Wildman–Crippen LogP) is 3.07. The Morgan fingerprint density at radius 2 is 1.81 bits per heavy atom. The molecular weight excluding hydrogens is 333 g/mol. The number of hydrogen-bond donors (Lipinski definition) is 2. The van der Waals surface area contributed by atoms with E-state index in [1.165, 1.54) is 18.2 Å². The first-order valence-corrected chi connectivity index (χ1v) is 9.23. The highest BCUT2D eigenvalue weighted by atomic mass is 35.5. The van der Waals surface area contributed by atoms with E-state index in [-0.39, 0.29) is 28.4 Å². The van der Waals surface area contributed by atoms with Crippen molar-refractivity contribution in [3.63, 3.8) is 0 Å². The molecule has 1 saturated carbocycles. The molecule has 0 amide bonds. The summed E-state index contributed by atoms with van der Waals surface area (Å²) in [7, 11) is -3.61. The minimum Gasteiger partial charge on any atom is -0.396 e. The zero-order valence-electron chi connectivity index (χ0n) is 11.6. The maximum Gasteiger partial charge on any atom is 0.240 e. The fraction of sp³-hybridized carbons (Fsp3) is 0.571. The molecule has 1 aliphatic carbocycles. The lowest BCUT2D eigenvalue weighted by atomic mass is 9.80. The van der Waals surface area contributed by atoms with Crippen LogP contribution in [0.5, 0.6) is 0 Å². The summed E-state index contributed by atoms with van der Waals surface area (Å²) in [6, 6.07) is 4.24. The number of aliphatic hydroxyl groups is 1.